The number of hydrogen-bond acceptors (Lipinski definition) is 5. The maximum absolute atomic E-state index is 12.2. The molecule has 0 unspecified atom stereocenters. The molecule has 4 nitrogen and oxygen atoms in total. The Morgan fingerprint density at radius 2 is 2.21 bits per heavy atom. The van der Waals surface area contributed by atoms with Crippen molar-refractivity contribution < 1.29 is 9.59 Å². The zero-order valence-corrected chi connectivity index (χ0v) is 16.7. The molecule has 0 saturated carbocycles. The first-order chi connectivity index (χ1) is 11.6. The fourth-order valence-corrected chi connectivity index (χ4v) is 5.41. The number of hydrogen-bond donors (Lipinski definition) is 2. The van der Waals surface area contributed by atoms with Crippen LogP contribution in [0, 0.1) is 0 Å². The number of fused-ring (bicyclic) bond motifs is 1. The number of benzene rings is 1. The van der Waals surface area contributed by atoms with Gasteiger partial charge in [-0.15, -0.1) is 23.1 Å². The average molecular weight is 443 g/mol. The topological polar surface area (TPSA) is 58.2 Å². The van der Waals surface area contributed by atoms with Crippen molar-refractivity contribution in [3.63, 3.8) is 0 Å². The van der Waals surface area contributed by atoms with Gasteiger partial charge in [0, 0.05) is 33.4 Å². The predicted octanol–water partition coefficient (Wildman–Crippen LogP) is 4.22. The molecule has 0 saturated heterocycles. The van der Waals surface area contributed by atoms with E-state index in [1.165, 1.54) is 16.6 Å². The molecule has 0 fully saturated rings. The van der Waals surface area contributed by atoms with Gasteiger partial charge in [0.2, 0.25) is 5.91 Å². The van der Waals surface area contributed by atoms with Crippen molar-refractivity contribution >= 4 is 68.3 Å². The van der Waals surface area contributed by atoms with Crippen molar-refractivity contribution in [3.8, 4) is 0 Å². The Hall–Kier alpha value is -0.960. The molecule has 0 aliphatic carbocycles. The highest BCUT2D eigenvalue weighted by Crippen LogP contribution is 2.32. The van der Waals surface area contributed by atoms with Gasteiger partial charge < -0.3 is 10.6 Å². The number of carbonyl (C=O) groups excluding carboxylic acids is 2. The molecule has 0 spiro atoms. The molecule has 0 bridgehead atoms. The van der Waals surface area contributed by atoms with Gasteiger partial charge in [-0.25, -0.2) is 0 Å². The van der Waals surface area contributed by atoms with Gasteiger partial charge in [-0.05, 0) is 46.3 Å². The fraction of sp³-hybridized carbons (Fsp3) is 0.250. The van der Waals surface area contributed by atoms with Crippen molar-refractivity contribution in [2.45, 2.75) is 10.6 Å². The second-order valence-corrected chi connectivity index (χ2v) is 9.73. The molecule has 24 heavy (non-hydrogen) atoms. The highest BCUT2D eigenvalue weighted by molar-refractivity contribution is 9.11. The van der Waals surface area contributed by atoms with E-state index in [1.54, 1.807) is 35.2 Å². The summed E-state index contributed by atoms with van der Waals surface area (Å²) < 4.78 is 1.14. The first-order valence-electron chi connectivity index (χ1n) is 7.29. The van der Waals surface area contributed by atoms with E-state index in [9.17, 15) is 9.59 Å². The monoisotopic (exact) mass is 442 g/mol. The minimum absolute atomic E-state index is 0.0262. The summed E-state index contributed by atoms with van der Waals surface area (Å²) >= 11 is 8.47. The lowest BCUT2D eigenvalue weighted by Gasteiger charge is -2.16. The summed E-state index contributed by atoms with van der Waals surface area (Å²) in [6, 6.07) is 9.59. The van der Waals surface area contributed by atoms with E-state index in [2.05, 4.69) is 38.7 Å². The zero-order chi connectivity index (χ0) is 16.9. The van der Waals surface area contributed by atoms with Crippen LogP contribution >= 0.6 is 50.8 Å². The Kier molecular flexibility index (Phi) is 6.26. The van der Waals surface area contributed by atoms with Crippen molar-refractivity contribution in [2.75, 3.05) is 23.4 Å². The van der Waals surface area contributed by atoms with E-state index in [1.807, 2.05) is 6.07 Å². The first kappa shape index (κ1) is 17.8. The van der Waals surface area contributed by atoms with Gasteiger partial charge in [-0.2, -0.15) is 11.8 Å². The molecule has 2 aromatic rings. The second kappa shape index (κ2) is 8.42. The smallest absolute Gasteiger partial charge is 0.251 e. The van der Waals surface area contributed by atoms with Crippen LogP contribution in [0.5, 0.6) is 0 Å². The van der Waals surface area contributed by atoms with Crippen LogP contribution in [0.2, 0.25) is 0 Å². The summed E-state index contributed by atoms with van der Waals surface area (Å²) in [5, 5.41) is 5.73. The molecule has 1 aliphatic rings. The maximum Gasteiger partial charge on any atom is 0.251 e. The highest BCUT2D eigenvalue weighted by Gasteiger charge is 2.17. The summed E-state index contributed by atoms with van der Waals surface area (Å²) in [7, 11) is 0. The number of thioether (sulfide) groups is 2. The Balaban J connectivity index is 1.45. The zero-order valence-electron chi connectivity index (χ0n) is 12.6. The van der Waals surface area contributed by atoms with Crippen molar-refractivity contribution in [2.24, 2.45) is 0 Å². The quantitative estimate of drug-likeness (QED) is 0.657. The molecule has 1 aliphatic heterocycles. The lowest BCUT2D eigenvalue weighted by molar-refractivity contribution is -0.113. The number of nitrogens with one attached hydrogen (secondary N) is 2. The summed E-state index contributed by atoms with van der Waals surface area (Å²) in [4.78, 5) is 26.0. The third kappa shape index (κ3) is 4.78. The molecule has 2 heterocycles. The Labute approximate surface area is 161 Å². The third-order valence-corrected chi connectivity index (χ3v) is 7.17. The van der Waals surface area contributed by atoms with Crippen LogP contribution < -0.4 is 10.6 Å². The molecule has 1 aromatic carbocycles. The lowest BCUT2D eigenvalue weighted by atomic mass is 10.2. The Bertz CT molecular complexity index is 764. The molecule has 1 aromatic heterocycles. The summed E-state index contributed by atoms with van der Waals surface area (Å²) in [6.45, 7) is 0.619. The van der Waals surface area contributed by atoms with E-state index >= 15 is 0 Å². The van der Waals surface area contributed by atoms with Crippen molar-refractivity contribution in [1.29, 1.82) is 0 Å². The van der Waals surface area contributed by atoms with Crippen LogP contribution in [0.15, 0.2) is 39.0 Å². The van der Waals surface area contributed by atoms with Crippen LogP contribution in [0.1, 0.15) is 15.2 Å². The number of rotatable bonds is 6. The molecular formula is C16H15BrN2O2S3. The first-order valence-corrected chi connectivity index (χ1v) is 11.0. The van der Waals surface area contributed by atoms with E-state index in [0.717, 1.165) is 25.9 Å². The molecule has 3 rings (SSSR count). The average Bonchev–Trinajstić information content (AvgIpc) is 2.99. The van der Waals surface area contributed by atoms with Crippen molar-refractivity contribution in [1.82, 2.24) is 5.32 Å². The molecule has 126 valence electrons. The van der Waals surface area contributed by atoms with Gasteiger partial charge in [-0.3, -0.25) is 9.59 Å². The SMILES string of the molecule is O=C1CSc2ccc(C(=O)NCCSCc3ccc(Br)s3)cc2N1. The van der Waals surface area contributed by atoms with E-state index < -0.39 is 0 Å². The van der Waals surface area contributed by atoms with Gasteiger partial charge in [0.05, 0.1) is 15.2 Å². The van der Waals surface area contributed by atoms with Crippen LogP contribution in [-0.4, -0.2) is 29.9 Å². The van der Waals surface area contributed by atoms with Gasteiger partial charge in [0.1, 0.15) is 0 Å². The summed E-state index contributed by atoms with van der Waals surface area (Å²) in [6.07, 6.45) is 0. The molecule has 0 radical (unpaired) electrons. The van der Waals surface area contributed by atoms with Crippen LogP contribution in [0.4, 0.5) is 5.69 Å². The van der Waals surface area contributed by atoms with Gasteiger partial charge in [0.15, 0.2) is 0 Å². The van der Waals surface area contributed by atoms with E-state index in [4.69, 9.17) is 0 Å². The van der Waals surface area contributed by atoms with Crippen molar-refractivity contribution in [3.05, 3.63) is 44.6 Å². The largest absolute Gasteiger partial charge is 0.351 e. The van der Waals surface area contributed by atoms with E-state index in [-0.39, 0.29) is 11.8 Å². The lowest BCUT2D eigenvalue weighted by Crippen LogP contribution is -2.26. The minimum Gasteiger partial charge on any atom is -0.351 e. The third-order valence-electron chi connectivity index (χ3n) is 3.28. The standard InChI is InChI=1S/C16H15BrN2O2S3/c17-14-4-2-11(24-14)8-22-6-5-18-16(21)10-1-3-13-12(7-10)19-15(20)9-23-13/h1-4,7H,5-6,8-9H2,(H,18,21)(H,19,20). The maximum atomic E-state index is 12.2. The second-order valence-electron chi connectivity index (χ2n) is 5.06. The van der Waals surface area contributed by atoms with Crippen LogP contribution in [0.3, 0.4) is 0 Å². The molecule has 0 atom stereocenters. The molecule has 8 heteroatoms. The summed E-state index contributed by atoms with van der Waals surface area (Å²) in [5.74, 6) is 2.10. The minimum atomic E-state index is -0.109. The number of amides is 2. The number of anilines is 1. The number of halogens is 1. The predicted molar refractivity (Wildman–Crippen MR) is 106 cm³/mol. The molecule has 2 N–H and O–H groups in total. The fourth-order valence-electron chi connectivity index (χ4n) is 2.17. The highest BCUT2D eigenvalue weighted by atomic mass is 79.9. The van der Waals surface area contributed by atoms with Gasteiger partial charge in [-0.1, -0.05) is 0 Å². The van der Waals surface area contributed by atoms with Gasteiger partial charge >= 0.3 is 0 Å². The van der Waals surface area contributed by atoms with E-state index in [0.29, 0.717) is 17.9 Å². The number of thiophene rings is 1. The molecular weight excluding hydrogens is 428 g/mol. The normalized spacial score (nSPS) is 13.3. The van der Waals surface area contributed by atoms with Gasteiger partial charge in [0.25, 0.3) is 5.91 Å². The summed E-state index contributed by atoms with van der Waals surface area (Å²) in [5.41, 5.74) is 1.30. The van der Waals surface area contributed by atoms with Crippen LogP contribution in [-0.2, 0) is 10.5 Å². The Morgan fingerprint density at radius 1 is 1.33 bits per heavy atom. The Morgan fingerprint density at radius 3 is 3.00 bits per heavy atom. The van der Waals surface area contributed by atoms with Crippen LogP contribution in [0.25, 0.3) is 0 Å². The molecule has 2 amide bonds. The number of carbonyl (C=O) groups is 2.